The Labute approximate surface area is 106 Å². The molecule has 1 unspecified atom stereocenters. The summed E-state index contributed by atoms with van der Waals surface area (Å²) in [4.78, 5) is 14.1. The molecule has 0 saturated carbocycles. The van der Waals surface area contributed by atoms with Gasteiger partial charge in [0.25, 0.3) is 0 Å². The second-order valence-electron chi connectivity index (χ2n) is 6.25. The van der Waals surface area contributed by atoms with Crippen LogP contribution in [0.3, 0.4) is 0 Å². The molecule has 0 aromatic rings. The molecular weight excluding hydrogens is 214 g/mol. The summed E-state index contributed by atoms with van der Waals surface area (Å²) in [6, 6.07) is 0. The van der Waals surface area contributed by atoms with E-state index in [1.165, 1.54) is 0 Å². The fraction of sp³-hybridized carbons (Fsp3) is 0.923. The van der Waals surface area contributed by atoms with E-state index in [4.69, 9.17) is 5.73 Å². The van der Waals surface area contributed by atoms with Crippen molar-refractivity contribution in [3.63, 3.8) is 0 Å². The van der Waals surface area contributed by atoms with Gasteiger partial charge in [0, 0.05) is 13.1 Å². The van der Waals surface area contributed by atoms with E-state index in [0.717, 1.165) is 13.0 Å². The van der Waals surface area contributed by atoms with Gasteiger partial charge in [-0.3, -0.25) is 4.79 Å². The van der Waals surface area contributed by atoms with E-state index in [2.05, 4.69) is 24.1 Å². The van der Waals surface area contributed by atoms with Crippen molar-refractivity contribution >= 4 is 5.91 Å². The molecule has 0 heterocycles. The van der Waals surface area contributed by atoms with Gasteiger partial charge in [-0.25, -0.2) is 0 Å². The summed E-state index contributed by atoms with van der Waals surface area (Å²) >= 11 is 0. The highest BCUT2D eigenvalue weighted by atomic mass is 16.2. The van der Waals surface area contributed by atoms with Gasteiger partial charge in [0.1, 0.15) is 0 Å². The lowest BCUT2D eigenvalue weighted by molar-refractivity contribution is -0.126. The predicted octanol–water partition coefficient (Wildman–Crippen LogP) is 1.21. The van der Waals surface area contributed by atoms with Crippen molar-refractivity contribution in [2.45, 2.75) is 46.1 Å². The van der Waals surface area contributed by atoms with Gasteiger partial charge in [0.2, 0.25) is 5.91 Å². The second-order valence-corrected chi connectivity index (χ2v) is 6.25. The molecule has 4 nitrogen and oxygen atoms in total. The van der Waals surface area contributed by atoms with Gasteiger partial charge in [-0.2, -0.15) is 0 Å². The van der Waals surface area contributed by atoms with Crippen LogP contribution in [0.4, 0.5) is 0 Å². The second kappa shape index (κ2) is 6.36. The average molecular weight is 243 g/mol. The molecule has 0 bridgehead atoms. The molecule has 0 rings (SSSR count). The average Bonchev–Trinajstić information content (AvgIpc) is 2.12. The number of nitrogens with one attached hydrogen (secondary N) is 1. The number of carbonyl (C=O) groups excluding carboxylic acids is 1. The van der Waals surface area contributed by atoms with Crippen LogP contribution in [0.5, 0.6) is 0 Å². The van der Waals surface area contributed by atoms with Crippen molar-refractivity contribution in [2.24, 2.45) is 11.1 Å². The van der Waals surface area contributed by atoms with Crippen molar-refractivity contribution in [3.8, 4) is 0 Å². The number of rotatable bonds is 7. The summed E-state index contributed by atoms with van der Waals surface area (Å²) in [5.74, 6) is -0.0498. The Morgan fingerprint density at radius 3 is 2.24 bits per heavy atom. The number of amides is 1. The number of nitrogens with two attached hydrogens (primary N) is 1. The maximum absolute atomic E-state index is 11.9. The molecule has 1 atom stereocenters. The van der Waals surface area contributed by atoms with Crippen LogP contribution in [0, 0.1) is 5.41 Å². The van der Waals surface area contributed by atoms with E-state index in [0.29, 0.717) is 13.0 Å². The first kappa shape index (κ1) is 16.4. The lowest BCUT2D eigenvalue weighted by Crippen LogP contribution is -2.53. The molecule has 0 aliphatic carbocycles. The van der Waals surface area contributed by atoms with Crippen molar-refractivity contribution in [2.75, 3.05) is 27.2 Å². The highest BCUT2D eigenvalue weighted by Gasteiger charge is 2.29. The van der Waals surface area contributed by atoms with E-state index in [9.17, 15) is 4.79 Å². The van der Waals surface area contributed by atoms with Crippen molar-refractivity contribution in [3.05, 3.63) is 0 Å². The zero-order chi connectivity index (χ0) is 13.7. The minimum absolute atomic E-state index is 0.0498. The minimum atomic E-state index is -0.747. The van der Waals surface area contributed by atoms with Crippen LogP contribution in [0.15, 0.2) is 0 Å². The highest BCUT2D eigenvalue weighted by Crippen LogP contribution is 2.15. The number of nitrogens with zero attached hydrogens (tertiary/aromatic N) is 1. The molecule has 0 aromatic carbocycles. The molecule has 4 heteroatoms. The SMILES string of the molecule is CCCC(C)(N)C(=O)NCC(C)(C)CN(C)C. The molecular formula is C13H29N3O. The van der Waals surface area contributed by atoms with E-state index in [1.807, 2.05) is 21.0 Å². The molecule has 0 fully saturated rings. The molecule has 0 saturated heterocycles. The summed E-state index contributed by atoms with van der Waals surface area (Å²) in [6.07, 6.45) is 1.63. The zero-order valence-electron chi connectivity index (χ0n) is 12.3. The monoisotopic (exact) mass is 243 g/mol. The van der Waals surface area contributed by atoms with Gasteiger partial charge in [0.05, 0.1) is 5.54 Å². The Balaban J connectivity index is 4.23. The summed E-state index contributed by atoms with van der Waals surface area (Å²) in [6.45, 7) is 9.70. The van der Waals surface area contributed by atoms with Crippen LogP contribution in [-0.4, -0.2) is 43.5 Å². The molecule has 102 valence electrons. The lowest BCUT2D eigenvalue weighted by Gasteiger charge is -2.30. The Kier molecular flexibility index (Phi) is 6.13. The molecule has 17 heavy (non-hydrogen) atoms. The van der Waals surface area contributed by atoms with Gasteiger partial charge in [0.15, 0.2) is 0 Å². The van der Waals surface area contributed by atoms with E-state index < -0.39 is 5.54 Å². The zero-order valence-corrected chi connectivity index (χ0v) is 12.3. The van der Waals surface area contributed by atoms with E-state index in [-0.39, 0.29) is 11.3 Å². The predicted molar refractivity (Wildman–Crippen MR) is 72.8 cm³/mol. The first-order valence-corrected chi connectivity index (χ1v) is 6.32. The van der Waals surface area contributed by atoms with Crippen molar-refractivity contribution in [1.29, 1.82) is 0 Å². The van der Waals surface area contributed by atoms with Gasteiger partial charge >= 0.3 is 0 Å². The third-order valence-corrected chi connectivity index (χ3v) is 2.76. The number of hydrogen-bond donors (Lipinski definition) is 2. The van der Waals surface area contributed by atoms with E-state index >= 15 is 0 Å². The summed E-state index contributed by atoms with van der Waals surface area (Å²) in [5, 5.41) is 2.96. The fourth-order valence-electron chi connectivity index (χ4n) is 2.07. The molecule has 0 radical (unpaired) electrons. The standard InChI is InChI=1S/C13H29N3O/c1-7-8-13(4,14)11(17)15-9-12(2,3)10-16(5)6/h7-10,14H2,1-6H3,(H,15,17). The van der Waals surface area contributed by atoms with Crippen LogP contribution < -0.4 is 11.1 Å². The van der Waals surface area contributed by atoms with E-state index in [1.54, 1.807) is 6.92 Å². The first-order valence-electron chi connectivity index (χ1n) is 6.32. The molecule has 1 amide bonds. The van der Waals surface area contributed by atoms with Gasteiger partial charge < -0.3 is 16.0 Å². The topological polar surface area (TPSA) is 58.4 Å². The summed E-state index contributed by atoms with van der Waals surface area (Å²) in [5.41, 5.74) is 5.29. The fourth-order valence-corrected chi connectivity index (χ4v) is 2.07. The number of carbonyl (C=O) groups is 1. The van der Waals surface area contributed by atoms with Crippen LogP contribution in [0.25, 0.3) is 0 Å². The molecule has 0 aromatic heterocycles. The minimum Gasteiger partial charge on any atom is -0.354 e. The molecule has 3 N–H and O–H groups in total. The Hall–Kier alpha value is -0.610. The van der Waals surface area contributed by atoms with Gasteiger partial charge in [-0.05, 0) is 32.9 Å². The lowest BCUT2D eigenvalue weighted by atomic mass is 9.91. The molecule has 0 aliphatic rings. The molecule has 0 spiro atoms. The van der Waals surface area contributed by atoms with Crippen LogP contribution in [0.1, 0.15) is 40.5 Å². The largest absolute Gasteiger partial charge is 0.354 e. The third kappa shape index (κ3) is 6.64. The maximum atomic E-state index is 11.9. The maximum Gasteiger partial charge on any atom is 0.239 e. The van der Waals surface area contributed by atoms with Crippen LogP contribution in [0.2, 0.25) is 0 Å². The Morgan fingerprint density at radius 1 is 1.29 bits per heavy atom. The van der Waals surface area contributed by atoms with Crippen molar-refractivity contribution in [1.82, 2.24) is 10.2 Å². The van der Waals surface area contributed by atoms with Crippen LogP contribution >= 0.6 is 0 Å². The quantitative estimate of drug-likeness (QED) is 0.706. The normalized spacial score (nSPS) is 15.8. The summed E-state index contributed by atoms with van der Waals surface area (Å²) < 4.78 is 0. The van der Waals surface area contributed by atoms with Gasteiger partial charge in [-0.1, -0.05) is 27.2 Å². The van der Waals surface area contributed by atoms with Crippen LogP contribution in [-0.2, 0) is 4.79 Å². The van der Waals surface area contributed by atoms with Gasteiger partial charge in [-0.15, -0.1) is 0 Å². The Bertz CT molecular complexity index is 247. The highest BCUT2D eigenvalue weighted by molar-refractivity contribution is 5.85. The first-order chi connectivity index (χ1) is 7.60. The smallest absolute Gasteiger partial charge is 0.239 e. The third-order valence-electron chi connectivity index (χ3n) is 2.76. The van der Waals surface area contributed by atoms with Crippen molar-refractivity contribution < 1.29 is 4.79 Å². The molecule has 0 aliphatic heterocycles. The number of hydrogen-bond acceptors (Lipinski definition) is 3. The summed E-state index contributed by atoms with van der Waals surface area (Å²) in [7, 11) is 4.07. The Morgan fingerprint density at radius 2 is 1.82 bits per heavy atom.